The normalized spacial score (nSPS) is 10.3. The molecule has 0 fully saturated rings. The van der Waals surface area contributed by atoms with Crippen molar-refractivity contribution in [1.29, 1.82) is 0 Å². The largest absolute Gasteiger partial charge is 0.396 e. The van der Waals surface area contributed by atoms with Crippen LogP contribution in [0.4, 0.5) is 0 Å². The van der Waals surface area contributed by atoms with Gasteiger partial charge in [-0.1, -0.05) is 0 Å². The van der Waals surface area contributed by atoms with Crippen LogP contribution >= 0.6 is 0 Å². The smallest absolute Gasteiger partial charge is 0.252 e. The first kappa shape index (κ1) is 12.3. The van der Waals surface area contributed by atoms with Crippen molar-refractivity contribution in [3.63, 3.8) is 0 Å². The van der Waals surface area contributed by atoms with E-state index < -0.39 is 0 Å². The topological polar surface area (TPSA) is 67.2 Å². The summed E-state index contributed by atoms with van der Waals surface area (Å²) in [4.78, 5) is 15.9. The maximum Gasteiger partial charge on any atom is 0.252 e. The molecule has 0 aromatic carbocycles. The quantitative estimate of drug-likeness (QED) is 0.772. The third-order valence-electron chi connectivity index (χ3n) is 2.50. The highest BCUT2D eigenvalue weighted by Gasteiger charge is 2.05. The van der Waals surface area contributed by atoms with Gasteiger partial charge in [0.2, 0.25) is 0 Å². The number of aromatic nitrogens is 2. The van der Waals surface area contributed by atoms with E-state index in [1.807, 2.05) is 29.1 Å². The summed E-state index contributed by atoms with van der Waals surface area (Å²) in [6.07, 6.45) is 5.89. The van der Waals surface area contributed by atoms with Crippen LogP contribution in [0, 0.1) is 0 Å². The molecule has 2 N–H and O–H groups in total. The molecule has 0 atom stereocenters. The molecule has 2 rings (SSSR count). The van der Waals surface area contributed by atoms with Crippen molar-refractivity contribution in [3.05, 3.63) is 48.4 Å². The zero-order valence-electron chi connectivity index (χ0n) is 9.91. The van der Waals surface area contributed by atoms with Crippen molar-refractivity contribution in [3.8, 4) is 5.82 Å². The lowest BCUT2D eigenvalue weighted by Gasteiger charge is -2.05. The van der Waals surface area contributed by atoms with E-state index in [1.165, 1.54) is 0 Å². The first-order valence-corrected chi connectivity index (χ1v) is 5.80. The van der Waals surface area contributed by atoms with Gasteiger partial charge in [0, 0.05) is 31.7 Å². The number of nitrogens with zero attached hydrogens (tertiary/aromatic N) is 2. The zero-order valence-corrected chi connectivity index (χ0v) is 9.91. The van der Waals surface area contributed by atoms with Gasteiger partial charge in [0.05, 0.1) is 5.56 Å². The fourth-order valence-electron chi connectivity index (χ4n) is 1.54. The van der Waals surface area contributed by atoms with E-state index in [0.29, 0.717) is 18.5 Å². The van der Waals surface area contributed by atoms with E-state index in [9.17, 15) is 4.79 Å². The van der Waals surface area contributed by atoms with Gasteiger partial charge in [-0.15, -0.1) is 0 Å². The van der Waals surface area contributed by atoms with Crippen LogP contribution in [0.15, 0.2) is 42.9 Å². The number of carbonyl (C=O) groups is 1. The highest BCUT2D eigenvalue weighted by molar-refractivity contribution is 5.93. The van der Waals surface area contributed by atoms with Crippen molar-refractivity contribution in [2.75, 3.05) is 13.2 Å². The lowest BCUT2D eigenvalue weighted by atomic mass is 10.2. The van der Waals surface area contributed by atoms with Crippen molar-refractivity contribution in [1.82, 2.24) is 14.9 Å². The molecular weight excluding hydrogens is 230 g/mol. The molecule has 2 aromatic heterocycles. The Hall–Kier alpha value is -2.14. The average molecular weight is 245 g/mol. The van der Waals surface area contributed by atoms with E-state index in [-0.39, 0.29) is 12.5 Å². The monoisotopic (exact) mass is 245 g/mol. The third kappa shape index (κ3) is 2.95. The Bertz CT molecular complexity index is 491. The van der Waals surface area contributed by atoms with Crippen LogP contribution in [0.5, 0.6) is 0 Å². The molecule has 0 saturated heterocycles. The van der Waals surface area contributed by atoms with Crippen molar-refractivity contribution < 1.29 is 9.90 Å². The molecule has 0 aliphatic carbocycles. The van der Waals surface area contributed by atoms with Gasteiger partial charge < -0.3 is 15.0 Å². The molecular formula is C13H15N3O2. The summed E-state index contributed by atoms with van der Waals surface area (Å²) in [5.74, 6) is 0.599. The van der Waals surface area contributed by atoms with Gasteiger partial charge >= 0.3 is 0 Å². The molecule has 0 radical (unpaired) electrons. The Morgan fingerprint density at radius 1 is 1.33 bits per heavy atom. The minimum absolute atomic E-state index is 0.0745. The fraction of sp³-hybridized carbons (Fsp3) is 0.231. The first-order chi connectivity index (χ1) is 8.81. The van der Waals surface area contributed by atoms with E-state index in [0.717, 1.165) is 5.82 Å². The number of aliphatic hydroxyl groups excluding tert-OH is 1. The molecule has 2 heterocycles. The summed E-state index contributed by atoms with van der Waals surface area (Å²) < 4.78 is 1.87. The Balaban J connectivity index is 2.01. The molecule has 5 heteroatoms. The summed E-state index contributed by atoms with van der Waals surface area (Å²) in [7, 11) is 0. The van der Waals surface area contributed by atoms with Gasteiger partial charge in [0.15, 0.2) is 0 Å². The van der Waals surface area contributed by atoms with E-state index in [4.69, 9.17) is 5.11 Å². The van der Waals surface area contributed by atoms with Crippen molar-refractivity contribution >= 4 is 5.91 Å². The number of aliphatic hydroxyl groups is 1. The maximum absolute atomic E-state index is 11.7. The van der Waals surface area contributed by atoms with Gasteiger partial charge in [-0.25, -0.2) is 4.98 Å². The van der Waals surface area contributed by atoms with Gasteiger partial charge in [-0.05, 0) is 30.7 Å². The highest BCUT2D eigenvalue weighted by Crippen LogP contribution is 2.06. The van der Waals surface area contributed by atoms with Crippen LogP contribution < -0.4 is 5.32 Å². The minimum Gasteiger partial charge on any atom is -0.396 e. The molecule has 0 unspecified atom stereocenters. The molecule has 0 aliphatic rings. The summed E-state index contributed by atoms with van der Waals surface area (Å²) in [5, 5.41) is 11.3. The molecule has 94 valence electrons. The van der Waals surface area contributed by atoms with E-state index in [2.05, 4.69) is 10.3 Å². The number of carbonyl (C=O) groups excluding carboxylic acids is 1. The van der Waals surface area contributed by atoms with Crippen LogP contribution in [0.25, 0.3) is 5.82 Å². The third-order valence-corrected chi connectivity index (χ3v) is 2.50. The Morgan fingerprint density at radius 2 is 2.11 bits per heavy atom. The van der Waals surface area contributed by atoms with Crippen LogP contribution in [-0.4, -0.2) is 33.7 Å². The Kier molecular flexibility index (Phi) is 4.09. The minimum atomic E-state index is -0.171. The summed E-state index contributed by atoms with van der Waals surface area (Å²) in [5.41, 5.74) is 0.517. The molecule has 0 saturated carbocycles. The second-order valence-corrected chi connectivity index (χ2v) is 3.83. The first-order valence-electron chi connectivity index (χ1n) is 5.80. The van der Waals surface area contributed by atoms with Gasteiger partial charge in [-0.2, -0.15) is 0 Å². The lowest BCUT2D eigenvalue weighted by Crippen LogP contribution is -2.25. The summed E-state index contributed by atoms with van der Waals surface area (Å²) in [6.45, 7) is 0.541. The van der Waals surface area contributed by atoms with E-state index in [1.54, 1.807) is 18.3 Å². The van der Waals surface area contributed by atoms with Gasteiger partial charge in [0.25, 0.3) is 5.91 Å². The zero-order chi connectivity index (χ0) is 12.8. The highest BCUT2D eigenvalue weighted by atomic mass is 16.3. The number of rotatable bonds is 5. The van der Waals surface area contributed by atoms with Gasteiger partial charge in [-0.3, -0.25) is 4.79 Å². The number of amides is 1. The second-order valence-electron chi connectivity index (χ2n) is 3.83. The van der Waals surface area contributed by atoms with E-state index >= 15 is 0 Å². The maximum atomic E-state index is 11.7. The van der Waals surface area contributed by atoms with Crippen LogP contribution in [0.3, 0.4) is 0 Å². The fourth-order valence-corrected chi connectivity index (χ4v) is 1.54. The second kappa shape index (κ2) is 5.97. The Morgan fingerprint density at radius 3 is 2.72 bits per heavy atom. The van der Waals surface area contributed by atoms with Gasteiger partial charge in [0.1, 0.15) is 5.82 Å². The van der Waals surface area contributed by atoms with Crippen LogP contribution in [0.1, 0.15) is 16.8 Å². The van der Waals surface area contributed by atoms with Crippen LogP contribution in [0.2, 0.25) is 0 Å². The Labute approximate surface area is 105 Å². The average Bonchev–Trinajstić information content (AvgIpc) is 2.93. The predicted octanol–water partition coefficient (Wildman–Crippen LogP) is 0.984. The molecule has 5 nitrogen and oxygen atoms in total. The van der Waals surface area contributed by atoms with Crippen LogP contribution in [-0.2, 0) is 0 Å². The molecule has 0 aliphatic heterocycles. The lowest BCUT2D eigenvalue weighted by molar-refractivity contribution is 0.0951. The molecule has 18 heavy (non-hydrogen) atoms. The van der Waals surface area contributed by atoms with Crippen molar-refractivity contribution in [2.24, 2.45) is 0 Å². The standard InChI is InChI=1S/C13H15N3O2/c17-9-3-6-14-13(18)11-4-5-12(15-10-11)16-7-1-2-8-16/h1-2,4-5,7-8,10,17H,3,6,9H2,(H,14,18). The number of pyridine rings is 1. The predicted molar refractivity (Wildman–Crippen MR) is 67.6 cm³/mol. The number of hydrogen-bond donors (Lipinski definition) is 2. The number of hydrogen-bond acceptors (Lipinski definition) is 3. The number of nitrogens with one attached hydrogen (secondary N) is 1. The summed E-state index contributed by atoms with van der Waals surface area (Å²) >= 11 is 0. The molecule has 0 spiro atoms. The summed E-state index contributed by atoms with van der Waals surface area (Å²) in [6, 6.07) is 7.35. The molecule has 0 bridgehead atoms. The molecule has 2 aromatic rings. The SMILES string of the molecule is O=C(NCCCO)c1ccc(-n2cccc2)nc1. The van der Waals surface area contributed by atoms with Crippen molar-refractivity contribution in [2.45, 2.75) is 6.42 Å². The molecule has 1 amide bonds.